The molecule has 0 atom stereocenters. The van der Waals surface area contributed by atoms with Crippen LogP contribution in [0.3, 0.4) is 0 Å². The predicted octanol–water partition coefficient (Wildman–Crippen LogP) is 2.52. The molecule has 0 spiro atoms. The van der Waals surface area contributed by atoms with Gasteiger partial charge < -0.3 is 4.74 Å². The molecule has 0 radical (unpaired) electrons. The molecule has 1 saturated heterocycles. The van der Waals surface area contributed by atoms with Gasteiger partial charge in [0.15, 0.2) is 0 Å². The van der Waals surface area contributed by atoms with E-state index in [2.05, 4.69) is 0 Å². The highest BCUT2D eigenvalue weighted by Crippen LogP contribution is 2.30. The van der Waals surface area contributed by atoms with Crippen LogP contribution in [0.25, 0.3) is 5.57 Å². The van der Waals surface area contributed by atoms with E-state index < -0.39 is 0 Å². The van der Waals surface area contributed by atoms with Gasteiger partial charge in [-0.25, -0.2) is 0 Å². The zero-order chi connectivity index (χ0) is 14.8. The highest BCUT2D eigenvalue weighted by Gasteiger charge is 2.34. The average molecular weight is 306 g/mol. The molecule has 0 aliphatic carbocycles. The fourth-order valence-electron chi connectivity index (χ4n) is 2.74. The quantitative estimate of drug-likeness (QED) is 0.806. The van der Waals surface area contributed by atoms with Gasteiger partial charge in [-0.2, -0.15) is 0 Å². The molecule has 110 valence electrons. The van der Waals surface area contributed by atoms with Gasteiger partial charge in [-0.15, -0.1) is 0 Å². The topological polar surface area (TPSA) is 46.6 Å². The number of ether oxygens (including phenoxy) is 1. The van der Waals surface area contributed by atoms with Gasteiger partial charge in [0, 0.05) is 36.4 Å². The number of halogens is 1. The van der Waals surface area contributed by atoms with Crippen molar-refractivity contribution >= 4 is 29.0 Å². The van der Waals surface area contributed by atoms with E-state index in [9.17, 15) is 9.59 Å². The van der Waals surface area contributed by atoms with E-state index in [0.717, 1.165) is 12.8 Å². The second kappa shape index (κ2) is 6.00. The number of carbonyl (C=O) groups is 2. The van der Waals surface area contributed by atoms with Crippen molar-refractivity contribution in [1.29, 1.82) is 0 Å². The van der Waals surface area contributed by atoms with Crippen LogP contribution in [0.15, 0.2) is 30.3 Å². The number of nitrogens with zero attached hydrogens (tertiary/aromatic N) is 1. The maximum atomic E-state index is 12.5. The zero-order valence-corrected chi connectivity index (χ0v) is 12.3. The van der Waals surface area contributed by atoms with Gasteiger partial charge >= 0.3 is 0 Å². The SMILES string of the molecule is O=C1C=C(c2ccccc2Cl)C(=O)N1CC1CCOCC1. The minimum atomic E-state index is -0.250. The first-order valence-corrected chi connectivity index (χ1v) is 7.45. The molecule has 3 rings (SSSR count). The normalized spacial score (nSPS) is 20.0. The van der Waals surface area contributed by atoms with Crippen LogP contribution in [0.1, 0.15) is 18.4 Å². The summed E-state index contributed by atoms with van der Waals surface area (Å²) < 4.78 is 5.31. The van der Waals surface area contributed by atoms with Gasteiger partial charge in [-0.05, 0) is 24.8 Å². The Hall–Kier alpha value is -1.65. The van der Waals surface area contributed by atoms with E-state index >= 15 is 0 Å². The summed E-state index contributed by atoms with van der Waals surface area (Å²) in [5.41, 5.74) is 1.00. The lowest BCUT2D eigenvalue weighted by molar-refractivity contribution is -0.137. The number of amides is 2. The molecule has 0 N–H and O–H groups in total. The molecule has 5 heteroatoms. The lowest BCUT2D eigenvalue weighted by Gasteiger charge is -2.26. The van der Waals surface area contributed by atoms with Crippen LogP contribution < -0.4 is 0 Å². The van der Waals surface area contributed by atoms with Crippen LogP contribution in [0, 0.1) is 5.92 Å². The summed E-state index contributed by atoms with van der Waals surface area (Å²) in [4.78, 5) is 25.9. The summed E-state index contributed by atoms with van der Waals surface area (Å²) in [5.74, 6) is -0.174. The van der Waals surface area contributed by atoms with E-state index in [-0.39, 0.29) is 11.8 Å². The molecule has 1 aromatic rings. The van der Waals surface area contributed by atoms with Gasteiger partial charge in [0.25, 0.3) is 11.8 Å². The summed E-state index contributed by atoms with van der Waals surface area (Å²) in [6.45, 7) is 1.86. The van der Waals surface area contributed by atoms with Crippen molar-refractivity contribution in [3.63, 3.8) is 0 Å². The van der Waals surface area contributed by atoms with E-state index in [1.165, 1.54) is 11.0 Å². The van der Waals surface area contributed by atoms with Crippen LogP contribution in [0.5, 0.6) is 0 Å². The van der Waals surface area contributed by atoms with E-state index in [4.69, 9.17) is 16.3 Å². The van der Waals surface area contributed by atoms with Crippen LogP contribution in [-0.4, -0.2) is 36.5 Å². The molecule has 0 aromatic heterocycles. The Labute approximate surface area is 128 Å². The van der Waals surface area contributed by atoms with Crippen molar-refractivity contribution in [2.24, 2.45) is 5.92 Å². The summed E-state index contributed by atoms with van der Waals surface area (Å²) in [6.07, 6.45) is 3.17. The molecule has 0 bridgehead atoms. The fraction of sp³-hybridized carbons (Fsp3) is 0.375. The van der Waals surface area contributed by atoms with Crippen molar-refractivity contribution in [3.8, 4) is 0 Å². The molecule has 2 aliphatic heterocycles. The molecule has 1 fully saturated rings. The first-order valence-electron chi connectivity index (χ1n) is 7.07. The molecule has 2 aliphatic rings. The molecule has 0 unspecified atom stereocenters. The van der Waals surface area contributed by atoms with Crippen molar-refractivity contribution < 1.29 is 14.3 Å². The predicted molar refractivity (Wildman–Crippen MR) is 79.7 cm³/mol. The Morgan fingerprint density at radius 3 is 2.62 bits per heavy atom. The van der Waals surface area contributed by atoms with Crippen LogP contribution >= 0.6 is 11.6 Å². The molecular formula is C16H16ClNO3. The third-order valence-corrected chi connectivity index (χ3v) is 4.28. The first-order chi connectivity index (χ1) is 10.2. The smallest absolute Gasteiger partial charge is 0.261 e. The lowest BCUT2D eigenvalue weighted by atomic mass is 9.99. The summed E-state index contributed by atoms with van der Waals surface area (Å²) in [5, 5.41) is 0.484. The molecule has 2 heterocycles. The van der Waals surface area contributed by atoms with Crippen molar-refractivity contribution in [3.05, 3.63) is 40.9 Å². The zero-order valence-electron chi connectivity index (χ0n) is 11.5. The number of imide groups is 1. The molecule has 2 amide bonds. The second-order valence-electron chi connectivity index (χ2n) is 5.35. The first kappa shape index (κ1) is 14.3. The average Bonchev–Trinajstić information content (AvgIpc) is 2.77. The molecule has 4 nitrogen and oxygen atoms in total. The van der Waals surface area contributed by atoms with Crippen LogP contribution in [-0.2, 0) is 14.3 Å². The van der Waals surface area contributed by atoms with Crippen molar-refractivity contribution in [2.45, 2.75) is 12.8 Å². The van der Waals surface area contributed by atoms with Crippen molar-refractivity contribution in [1.82, 2.24) is 4.90 Å². The van der Waals surface area contributed by atoms with Gasteiger partial charge in [0.05, 0.1) is 5.57 Å². The summed E-state index contributed by atoms with van der Waals surface area (Å²) >= 11 is 6.12. The highest BCUT2D eigenvalue weighted by atomic mass is 35.5. The van der Waals surface area contributed by atoms with Crippen molar-refractivity contribution in [2.75, 3.05) is 19.8 Å². The maximum Gasteiger partial charge on any atom is 0.261 e. The maximum absolute atomic E-state index is 12.5. The molecular weight excluding hydrogens is 290 g/mol. The van der Waals surface area contributed by atoms with E-state index in [1.54, 1.807) is 24.3 Å². The minimum Gasteiger partial charge on any atom is -0.381 e. The number of benzene rings is 1. The van der Waals surface area contributed by atoms with Gasteiger partial charge in [-0.1, -0.05) is 29.8 Å². The van der Waals surface area contributed by atoms with Gasteiger partial charge in [0.1, 0.15) is 0 Å². The molecule has 21 heavy (non-hydrogen) atoms. The Balaban J connectivity index is 1.77. The Morgan fingerprint density at radius 1 is 1.19 bits per heavy atom. The van der Waals surface area contributed by atoms with Gasteiger partial charge in [0.2, 0.25) is 0 Å². The number of rotatable bonds is 3. The Kier molecular flexibility index (Phi) is 4.08. The number of hydrogen-bond acceptors (Lipinski definition) is 3. The van der Waals surface area contributed by atoms with Crippen LogP contribution in [0.2, 0.25) is 5.02 Å². The largest absolute Gasteiger partial charge is 0.381 e. The monoisotopic (exact) mass is 305 g/mol. The number of carbonyl (C=O) groups excluding carboxylic acids is 2. The third-order valence-electron chi connectivity index (χ3n) is 3.96. The molecule has 1 aromatic carbocycles. The van der Waals surface area contributed by atoms with E-state index in [0.29, 0.717) is 41.8 Å². The minimum absolute atomic E-state index is 0.249. The Morgan fingerprint density at radius 2 is 1.90 bits per heavy atom. The third kappa shape index (κ3) is 2.87. The summed E-state index contributed by atoms with van der Waals surface area (Å²) in [7, 11) is 0. The van der Waals surface area contributed by atoms with E-state index in [1.807, 2.05) is 0 Å². The second-order valence-corrected chi connectivity index (χ2v) is 5.75. The molecule has 0 saturated carbocycles. The summed E-state index contributed by atoms with van der Waals surface area (Å²) in [6, 6.07) is 7.09. The standard InChI is InChI=1S/C16H16ClNO3/c17-14-4-2-1-3-12(14)13-9-15(19)18(16(13)20)10-11-5-7-21-8-6-11/h1-4,9,11H,5-8,10H2. The number of hydrogen-bond donors (Lipinski definition) is 0. The van der Waals surface area contributed by atoms with Crippen LogP contribution in [0.4, 0.5) is 0 Å². The fourth-order valence-corrected chi connectivity index (χ4v) is 2.98. The Bertz CT molecular complexity index is 605. The lowest BCUT2D eigenvalue weighted by Crippen LogP contribution is -2.37. The van der Waals surface area contributed by atoms with Gasteiger partial charge in [-0.3, -0.25) is 14.5 Å². The highest BCUT2D eigenvalue weighted by molar-refractivity contribution is 6.38.